The number of fused-ring (bicyclic) bond motifs is 2. The third kappa shape index (κ3) is 2.45. The number of hydrogen-bond acceptors (Lipinski definition) is 4. The molecule has 0 aliphatic heterocycles. The number of carbonyl (C=O) groups excluding carboxylic acids is 1. The fourth-order valence-corrected chi connectivity index (χ4v) is 4.87. The number of nitrogens with zero attached hydrogens (tertiary/aromatic N) is 1. The SMILES string of the molecule is NC1CC2CC(NC(=O)c3nc4ccccc4s3)CC2C1. The molecule has 2 fully saturated rings. The van der Waals surface area contributed by atoms with E-state index in [0.717, 1.165) is 35.9 Å². The zero-order valence-electron chi connectivity index (χ0n) is 11.8. The molecule has 2 saturated carbocycles. The monoisotopic (exact) mass is 301 g/mol. The second-order valence-corrected chi connectivity index (χ2v) is 7.41. The van der Waals surface area contributed by atoms with Gasteiger partial charge in [0.05, 0.1) is 10.2 Å². The molecule has 1 aromatic heterocycles. The summed E-state index contributed by atoms with van der Waals surface area (Å²) in [5.74, 6) is 1.40. The van der Waals surface area contributed by atoms with Crippen LogP contribution in [0.2, 0.25) is 0 Å². The molecule has 1 aromatic carbocycles. The highest BCUT2D eigenvalue weighted by Gasteiger charge is 2.41. The minimum atomic E-state index is -0.0227. The average molecular weight is 301 g/mol. The van der Waals surface area contributed by atoms with E-state index in [0.29, 0.717) is 28.9 Å². The van der Waals surface area contributed by atoms with Crippen LogP contribution < -0.4 is 11.1 Å². The molecule has 110 valence electrons. The first-order chi connectivity index (χ1) is 10.2. The lowest BCUT2D eigenvalue weighted by Gasteiger charge is -2.13. The van der Waals surface area contributed by atoms with Gasteiger partial charge in [-0.25, -0.2) is 4.98 Å². The number of para-hydroxylation sites is 1. The third-order valence-electron chi connectivity index (χ3n) is 4.88. The molecule has 0 saturated heterocycles. The van der Waals surface area contributed by atoms with Gasteiger partial charge < -0.3 is 11.1 Å². The van der Waals surface area contributed by atoms with Gasteiger partial charge in [0.25, 0.3) is 5.91 Å². The first-order valence-electron chi connectivity index (χ1n) is 7.61. The van der Waals surface area contributed by atoms with Gasteiger partial charge >= 0.3 is 0 Å². The van der Waals surface area contributed by atoms with Gasteiger partial charge in [-0.15, -0.1) is 11.3 Å². The van der Waals surface area contributed by atoms with Gasteiger partial charge in [-0.2, -0.15) is 0 Å². The lowest BCUT2D eigenvalue weighted by molar-refractivity contribution is 0.0936. The molecule has 5 heteroatoms. The van der Waals surface area contributed by atoms with E-state index in [-0.39, 0.29) is 5.91 Å². The van der Waals surface area contributed by atoms with Crippen molar-refractivity contribution < 1.29 is 4.79 Å². The van der Waals surface area contributed by atoms with Crippen molar-refractivity contribution in [1.29, 1.82) is 0 Å². The minimum absolute atomic E-state index is 0.0227. The number of amides is 1. The van der Waals surface area contributed by atoms with Gasteiger partial charge in [0, 0.05) is 12.1 Å². The molecule has 1 amide bonds. The second kappa shape index (κ2) is 5.07. The van der Waals surface area contributed by atoms with Crippen molar-refractivity contribution >= 4 is 27.5 Å². The maximum absolute atomic E-state index is 12.4. The Balaban J connectivity index is 1.44. The number of aromatic nitrogens is 1. The number of carbonyl (C=O) groups is 1. The van der Waals surface area contributed by atoms with Crippen LogP contribution in [0.15, 0.2) is 24.3 Å². The van der Waals surface area contributed by atoms with Crippen LogP contribution >= 0.6 is 11.3 Å². The van der Waals surface area contributed by atoms with Gasteiger partial charge in [-0.3, -0.25) is 4.79 Å². The van der Waals surface area contributed by atoms with E-state index in [4.69, 9.17) is 5.73 Å². The topological polar surface area (TPSA) is 68.0 Å². The smallest absolute Gasteiger partial charge is 0.280 e. The summed E-state index contributed by atoms with van der Waals surface area (Å²) >= 11 is 1.47. The van der Waals surface area contributed by atoms with Gasteiger partial charge in [-0.1, -0.05) is 12.1 Å². The number of thiazole rings is 1. The van der Waals surface area contributed by atoms with Crippen molar-refractivity contribution in [2.45, 2.75) is 37.8 Å². The summed E-state index contributed by atoms with van der Waals surface area (Å²) in [5, 5.41) is 3.74. The van der Waals surface area contributed by atoms with E-state index in [1.165, 1.54) is 11.3 Å². The Morgan fingerprint density at radius 3 is 2.62 bits per heavy atom. The van der Waals surface area contributed by atoms with Gasteiger partial charge in [0.2, 0.25) is 0 Å². The summed E-state index contributed by atoms with van der Waals surface area (Å²) in [6.07, 6.45) is 4.40. The van der Waals surface area contributed by atoms with Crippen LogP contribution in [0.3, 0.4) is 0 Å². The highest BCUT2D eigenvalue weighted by molar-refractivity contribution is 7.20. The lowest BCUT2D eigenvalue weighted by atomic mass is 10.0. The number of rotatable bonds is 2. The first-order valence-corrected chi connectivity index (χ1v) is 8.42. The minimum Gasteiger partial charge on any atom is -0.347 e. The van der Waals surface area contributed by atoms with E-state index in [1.54, 1.807) is 0 Å². The van der Waals surface area contributed by atoms with Crippen LogP contribution in [0.4, 0.5) is 0 Å². The molecule has 2 aromatic rings. The van der Waals surface area contributed by atoms with Crippen LogP contribution in [0.25, 0.3) is 10.2 Å². The number of nitrogens with two attached hydrogens (primary N) is 1. The van der Waals surface area contributed by atoms with Crippen LogP contribution in [0.5, 0.6) is 0 Å². The molecule has 2 atom stereocenters. The van der Waals surface area contributed by atoms with Gasteiger partial charge in [0.15, 0.2) is 5.01 Å². The maximum Gasteiger partial charge on any atom is 0.280 e. The maximum atomic E-state index is 12.4. The fraction of sp³-hybridized carbons (Fsp3) is 0.500. The van der Waals surface area contributed by atoms with Crippen molar-refractivity contribution in [3.8, 4) is 0 Å². The van der Waals surface area contributed by atoms with E-state index in [9.17, 15) is 4.79 Å². The molecule has 0 bridgehead atoms. The Morgan fingerprint density at radius 1 is 1.19 bits per heavy atom. The standard InChI is InChI=1S/C16H19N3OS/c17-11-5-9-7-12(8-10(9)6-11)18-15(20)16-19-13-3-1-2-4-14(13)21-16/h1-4,9-12H,5-8,17H2,(H,18,20). The van der Waals surface area contributed by atoms with Crippen molar-refractivity contribution in [1.82, 2.24) is 10.3 Å². The lowest BCUT2D eigenvalue weighted by Crippen LogP contribution is -2.33. The predicted octanol–water partition coefficient (Wildman–Crippen LogP) is 2.54. The number of hydrogen-bond donors (Lipinski definition) is 2. The molecule has 2 aliphatic carbocycles. The summed E-state index contributed by atoms with van der Waals surface area (Å²) in [6.45, 7) is 0. The molecule has 0 radical (unpaired) electrons. The summed E-state index contributed by atoms with van der Waals surface area (Å²) in [6, 6.07) is 8.55. The summed E-state index contributed by atoms with van der Waals surface area (Å²) in [7, 11) is 0. The Kier molecular flexibility index (Phi) is 3.19. The largest absolute Gasteiger partial charge is 0.347 e. The zero-order chi connectivity index (χ0) is 14.4. The Morgan fingerprint density at radius 2 is 1.90 bits per heavy atom. The summed E-state index contributed by atoms with van der Waals surface area (Å²) in [5.41, 5.74) is 6.91. The van der Waals surface area contributed by atoms with E-state index in [1.807, 2.05) is 24.3 Å². The van der Waals surface area contributed by atoms with E-state index < -0.39 is 0 Å². The van der Waals surface area contributed by atoms with Crippen LogP contribution in [0.1, 0.15) is 35.5 Å². The highest BCUT2D eigenvalue weighted by atomic mass is 32.1. The van der Waals surface area contributed by atoms with Gasteiger partial charge in [0.1, 0.15) is 0 Å². The Bertz CT molecular complexity index is 636. The van der Waals surface area contributed by atoms with Crippen molar-refractivity contribution in [3.63, 3.8) is 0 Å². The molecule has 1 heterocycles. The Labute approximate surface area is 127 Å². The predicted molar refractivity (Wildman–Crippen MR) is 84.3 cm³/mol. The zero-order valence-corrected chi connectivity index (χ0v) is 12.6. The first kappa shape index (κ1) is 13.2. The quantitative estimate of drug-likeness (QED) is 0.895. The van der Waals surface area contributed by atoms with Gasteiger partial charge in [-0.05, 0) is 49.7 Å². The molecule has 2 aliphatic rings. The van der Waals surface area contributed by atoms with Crippen LogP contribution in [-0.2, 0) is 0 Å². The average Bonchev–Trinajstić information content (AvgIpc) is 3.10. The van der Waals surface area contributed by atoms with Crippen molar-refractivity contribution in [3.05, 3.63) is 29.3 Å². The molecule has 4 rings (SSSR count). The number of benzene rings is 1. The van der Waals surface area contributed by atoms with E-state index >= 15 is 0 Å². The van der Waals surface area contributed by atoms with Crippen LogP contribution in [0, 0.1) is 11.8 Å². The van der Waals surface area contributed by atoms with E-state index in [2.05, 4.69) is 10.3 Å². The molecule has 21 heavy (non-hydrogen) atoms. The molecular formula is C16H19N3OS. The third-order valence-corrected chi connectivity index (χ3v) is 5.91. The van der Waals surface area contributed by atoms with Crippen molar-refractivity contribution in [2.24, 2.45) is 17.6 Å². The highest BCUT2D eigenvalue weighted by Crippen LogP contribution is 2.43. The molecule has 2 unspecified atom stereocenters. The molecule has 4 nitrogen and oxygen atoms in total. The fourth-order valence-electron chi connectivity index (χ4n) is 4.00. The van der Waals surface area contributed by atoms with Crippen LogP contribution in [-0.4, -0.2) is 23.0 Å². The summed E-state index contributed by atoms with van der Waals surface area (Å²) in [4.78, 5) is 16.8. The van der Waals surface area contributed by atoms with Crippen molar-refractivity contribution in [2.75, 3.05) is 0 Å². The summed E-state index contributed by atoms with van der Waals surface area (Å²) < 4.78 is 1.07. The molecule has 0 spiro atoms. The number of nitrogens with one attached hydrogen (secondary N) is 1. The molecular weight excluding hydrogens is 282 g/mol. The molecule has 3 N–H and O–H groups in total. The second-order valence-electron chi connectivity index (χ2n) is 6.38. The normalized spacial score (nSPS) is 31.5. The Hall–Kier alpha value is -1.46.